The molecule has 0 aliphatic heterocycles. The van der Waals surface area contributed by atoms with Crippen LogP contribution >= 0.6 is 0 Å². The zero-order valence-corrected chi connectivity index (χ0v) is 12.8. The van der Waals surface area contributed by atoms with Crippen LogP contribution < -0.4 is 4.72 Å². The summed E-state index contributed by atoms with van der Waals surface area (Å²) in [4.78, 5) is 2.08. The highest BCUT2D eigenvalue weighted by Crippen LogP contribution is 2.28. The first kappa shape index (κ1) is 16.4. The first-order chi connectivity index (χ1) is 9.85. The molecule has 21 heavy (non-hydrogen) atoms. The number of benzene rings is 1. The number of nitrogens with zero attached hydrogens (tertiary/aromatic N) is 1. The van der Waals surface area contributed by atoms with Gasteiger partial charge < -0.3 is 5.11 Å². The van der Waals surface area contributed by atoms with Crippen LogP contribution in [0.25, 0.3) is 0 Å². The van der Waals surface area contributed by atoms with E-state index in [4.69, 9.17) is 0 Å². The molecule has 1 aliphatic carbocycles. The second-order valence-electron chi connectivity index (χ2n) is 5.46. The van der Waals surface area contributed by atoms with Crippen molar-refractivity contribution >= 4 is 10.0 Å². The molecule has 0 spiro atoms. The van der Waals surface area contributed by atoms with Crippen LogP contribution in [0.3, 0.4) is 0 Å². The summed E-state index contributed by atoms with van der Waals surface area (Å²) in [7, 11) is -3.19. The highest BCUT2D eigenvalue weighted by Gasteiger charge is 2.30. The lowest BCUT2D eigenvalue weighted by Gasteiger charge is -2.25. The topological polar surface area (TPSA) is 69.6 Å². The average Bonchev–Trinajstić information content (AvgIpc) is 3.21. The van der Waals surface area contributed by atoms with Crippen LogP contribution in [-0.4, -0.2) is 50.4 Å². The van der Waals surface area contributed by atoms with Gasteiger partial charge in [-0.3, -0.25) is 4.90 Å². The van der Waals surface area contributed by atoms with Crippen molar-refractivity contribution in [3.05, 3.63) is 35.6 Å². The Kier molecular flexibility index (Phi) is 5.32. The maximum atomic E-state index is 12.9. The Balaban J connectivity index is 1.88. The molecule has 0 aromatic heterocycles. The largest absolute Gasteiger partial charge is 0.387 e. The summed E-state index contributed by atoms with van der Waals surface area (Å²) in [5.74, 6) is -0.331. The molecule has 118 valence electrons. The molecule has 1 unspecified atom stereocenters. The third-order valence-electron chi connectivity index (χ3n) is 3.49. The van der Waals surface area contributed by atoms with Gasteiger partial charge >= 0.3 is 0 Å². The molecular weight excluding hydrogens is 295 g/mol. The van der Waals surface area contributed by atoms with E-state index in [1.165, 1.54) is 12.1 Å². The van der Waals surface area contributed by atoms with Gasteiger partial charge in [0.1, 0.15) is 5.82 Å². The fraction of sp³-hybridized carbons (Fsp3) is 0.571. The molecule has 0 radical (unpaired) electrons. The number of rotatable bonds is 8. The number of hydrogen-bond acceptors (Lipinski definition) is 4. The summed E-state index contributed by atoms with van der Waals surface area (Å²) in [5.41, 5.74) is 0.665. The van der Waals surface area contributed by atoms with E-state index in [1.54, 1.807) is 12.1 Å². The Bertz CT molecular complexity index is 558. The highest BCUT2D eigenvalue weighted by molar-refractivity contribution is 7.88. The van der Waals surface area contributed by atoms with Gasteiger partial charge in [-0.05, 0) is 30.5 Å². The van der Waals surface area contributed by atoms with Crippen LogP contribution in [0.4, 0.5) is 4.39 Å². The van der Waals surface area contributed by atoms with Crippen LogP contribution in [0.15, 0.2) is 24.3 Å². The molecule has 0 saturated heterocycles. The minimum absolute atomic E-state index is 0.325. The maximum absolute atomic E-state index is 12.9. The monoisotopic (exact) mass is 316 g/mol. The standard InChI is InChI=1S/C14H21FN2O3S/c1-21(19,20)16-8-9-17(13-6-7-13)10-14(18)11-2-4-12(15)5-3-11/h2-5,13-14,16,18H,6-10H2,1H3. The van der Waals surface area contributed by atoms with Gasteiger partial charge in [0.15, 0.2) is 0 Å². The highest BCUT2D eigenvalue weighted by atomic mass is 32.2. The lowest BCUT2D eigenvalue weighted by molar-refractivity contribution is 0.110. The van der Waals surface area contributed by atoms with E-state index in [-0.39, 0.29) is 5.82 Å². The molecule has 5 nitrogen and oxygen atoms in total. The molecule has 0 amide bonds. The average molecular weight is 316 g/mol. The zero-order valence-electron chi connectivity index (χ0n) is 12.0. The number of nitrogens with one attached hydrogen (secondary N) is 1. The third-order valence-corrected chi connectivity index (χ3v) is 4.22. The van der Waals surface area contributed by atoms with Gasteiger partial charge in [-0.15, -0.1) is 0 Å². The van der Waals surface area contributed by atoms with Crippen LogP contribution in [0.5, 0.6) is 0 Å². The molecular formula is C14H21FN2O3S. The van der Waals surface area contributed by atoms with Crippen molar-refractivity contribution in [3.8, 4) is 0 Å². The molecule has 0 heterocycles. The fourth-order valence-corrected chi connectivity index (χ4v) is 2.71. The van der Waals surface area contributed by atoms with Crippen molar-refractivity contribution in [1.29, 1.82) is 0 Å². The molecule has 1 fully saturated rings. The van der Waals surface area contributed by atoms with Crippen molar-refractivity contribution in [2.45, 2.75) is 25.0 Å². The van der Waals surface area contributed by atoms with E-state index in [0.29, 0.717) is 31.2 Å². The van der Waals surface area contributed by atoms with Crippen molar-refractivity contribution in [2.75, 3.05) is 25.9 Å². The summed E-state index contributed by atoms with van der Waals surface area (Å²) < 4.78 is 37.4. The second kappa shape index (κ2) is 6.83. The van der Waals surface area contributed by atoms with Crippen molar-refractivity contribution in [1.82, 2.24) is 9.62 Å². The maximum Gasteiger partial charge on any atom is 0.208 e. The molecule has 7 heteroatoms. The van der Waals surface area contributed by atoms with Crippen molar-refractivity contribution in [2.24, 2.45) is 0 Å². The molecule has 1 aliphatic rings. The number of sulfonamides is 1. The van der Waals surface area contributed by atoms with Gasteiger partial charge in [0, 0.05) is 25.7 Å². The number of aliphatic hydroxyl groups is 1. The number of halogens is 1. The van der Waals surface area contributed by atoms with Gasteiger partial charge in [0.05, 0.1) is 12.4 Å². The van der Waals surface area contributed by atoms with Gasteiger partial charge in [-0.25, -0.2) is 17.5 Å². The lowest BCUT2D eigenvalue weighted by Crippen LogP contribution is -2.38. The first-order valence-electron chi connectivity index (χ1n) is 6.97. The van der Waals surface area contributed by atoms with E-state index in [9.17, 15) is 17.9 Å². The predicted octanol–water partition coefficient (Wildman–Crippen LogP) is 0.873. The predicted molar refractivity (Wildman–Crippen MR) is 78.8 cm³/mol. The molecule has 1 aromatic rings. The van der Waals surface area contributed by atoms with E-state index >= 15 is 0 Å². The van der Waals surface area contributed by atoms with Gasteiger partial charge in [0.25, 0.3) is 0 Å². The Morgan fingerprint density at radius 3 is 2.52 bits per heavy atom. The zero-order chi connectivity index (χ0) is 15.5. The van der Waals surface area contributed by atoms with Crippen LogP contribution in [0.2, 0.25) is 0 Å². The first-order valence-corrected chi connectivity index (χ1v) is 8.86. The Labute approximate surface area is 124 Å². The Morgan fingerprint density at radius 1 is 1.38 bits per heavy atom. The van der Waals surface area contributed by atoms with Crippen LogP contribution in [0.1, 0.15) is 24.5 Å². The van der Waals surface area contributed by atoms with E-state index in [2.05, 4.69) is 9.62 Å². The normalized spacial score (nSPS) is 17.1. The molecule has 0 bridgehead atoms. The Hall–Kier alpha value is -1.02. The third kappa shape index (κ3) is 5.70. The summed E-state index contributed by atoms with van der Waals surface area (Å²) in [6.07, 6.45) is 2.55. The number of hydrogen-bond donors (Lipinski definition) is 2. The van der Waals surface area contributed by atoms with Crippen molar-refractivity contribution in [3.63, 3.8) is 0 Å². The van der Waals surface area contributed by atoms with Gasteiger partial charge in [0.2, 0.25) is 10.0 Å². The minimum atomic E-state index is -3.19. The van der Waals surface area contributed by atoms with Crippen LogP contribution in [-0.2, 0) is 10.0 Å². The molecule has 1 saturated carbocycles. The van der Waals surface area contributed by atoms with Crippen LogP contribution in [0, 0.1) is 5.82 Å². The second-order valence-corrected chi connectivity index (χ2v) is 7.29. The van der Waals surface area contributed by atoms with E-state index < -0.39 is 16.1 Å². The van der Waals surface area contributed by atoms with E-state index in [1.807, 2.05) is 0 Å². The molecule has 1 aromatic carbocycles. The quantitative estimate of drug-likeness (QED) is 0.747. The number of aliphatic hydroxyl groups excluding tert-OH is 1. The summed E-state index contributed by atoms with van der Waals surface area (Å²) in [6, 6.07) is 6.19. The van der Waals surface area contributed by atoms with E-state index in [0.717, 1.165) is 19.1 Å². The SMILES string of the molecule is CS(=O)(=O)NCCN(CC(O)c1ccc(F)cc1)C1CC1. The summed E-state index contributed by atoms with van der Waals surface area (Å²) in [5, 5.41) is 10.2. The summed E-state index contributed by atoms with van der Waals surface area (Å²) >= 11 is 0. The van der Waals surface area contributed by atoms with Gasteiger partial charge in [-0.1, -0.05) is 12.1 Å². The molecule has 2 rings (SSSR count). The van der Waals surface area contributed by atoms with Crippen molar-refractivity contribution < 1.29 is 17.9 Å². The van der Waals surface area contributed by atoms with Gasteiger partial charge in [-0.2, -0.15) is 0 Å². The lowest BCUT2D eigenvalue weighted by atomic mass is 10.1. The Morgan fingerprint density at radius 2 is 2.00 bits per heavy atom. The minimum Gasteiger partial charge on any atom is -0.387 e. The smallest absolute Gasteiger partial charge is 0.208 e. The molecule has 2 N–H and O–H groups in total. The fourth-order valence-electron chi connectivity index (χ4n) is 2.25. The summed E-state index contributed by atoms with van der Waals surface area (Å²) in [6.45, 7) is 1.29. The molecule has 1 atom stereocenters.